The molecule has 0 aromatic carbocycles. The van der Waals surface area contributed by atoms with Gasteiger partial charge in [-0.1, -0.05) is 26.0 Å². The fourth-order valence-electron chi connectivity index (χ4n) is 6.15. The molecule has 0 amide bonds. The lowest BCUT2D eigenvalue weighted by molar-refractivity contribution is -0.131. The first-order chi connectivity index (χ1) is 10.4. The van der Waals surface area contributed by atoms with Crippen LogP contribution in [-0.4, -0.2) is 17.3 Å². The third-order valence-electron chi connectivity index (χ3n) is 7.63. The minimum Gasteiger partial charge on any atom is -0.301 e. The van der Waals surface area contributed by atoms with Gasteiger partial charge in [0, 0.05) is 24.2 Å². The molecule has 0 spiro atoms. The molecule has 0 aromatic heterocycles. The Morgan fingerprint density at radius 2 is 1.82 bits per heavy atom. The average Bonchev–Trinajstić information content (AvgIpc) is 2.79. The average molecular weight is 299 g/mol. The predicted molar refractivity (Wildman–Crippen MR) is 84.8 cm³/mol. The summed E-state index contributed by atoms with van der Waals surface area (Å²) in [6.07, 6.45) is 9.67. The van der Waals surface area contributed by atoms with Crippen LogP contribution in [-0.2, 0) is 9.59 Å². The molecule has 0 radical (unpaired) electrons. The number of Topliss-reactive ketones (excluding diaryl/α,β-unsaturated/α-hetero) is 2. The number of nitrogens with one attached hydrogen (secondary N) is 1. The van der Waals surface area contributed by atoms with E-state index in [4.69, 9.17) is 5.41 Å². The maximum absolute atomic E-state index is 12.4. The van der Waals surface area contributed by atoms with Gasteiger partial charge in [-0.2, -0.15) is 0 Å². The SMILES string of the molecule is C[C@]12CCC(=O)C(=N)C1C=C[C@@H]1[C@H]2CC[C@]2(C)C(=O)CC[C@@H]12. The molecule has 3 heteroatoms. The molecule has 4 rings (SSSR count). The Morgan fingerprint density at radius 1 is 1.05 bits per heavy atom. The molecule has 4 aliphatic rings. The van der Waals surface area contributed by atoms with E-state index in [0.29, 0.717) is 35.7 Å². The van der Waals surface area contributed by atoms with Crippen molar-refractivity contribution in [2.45, 2.75) is 52.4 Å². The van der Waals surface area contributed by atoms with Crippen LogP contribution >= 0.6 is 0 Å². The Morgan fingerprint density at radius 3 is 2.59 bits per heavy atom. The molecule has 22 heavy (non-hydrogen) atoms. The van der Waals surface area contributed by atoms with Crippen LogP contribution in [0.4, 0.5) is 0 Å². The number of hydrogen-bond donors (Lipinski definition) is 1. The number of allylic oxidation sites excluding steroid dienone is 2. The van der Waals surface area contributed by atoms with E-state index in [1.54, 1.807) is 0 Å². The van der Waals surface area contributed by atoms with Crippen LogP contribution in [0, 0.1) is 39.9 Å². The number of fused-ring (bicyclic) bond motifs is 5. The Bertz CT molecular complexity index is 607. The zero-order valence-electron chi connectivity index (χ0n) is 13.5. The fraction of sp³-hybridized carbons (Fsp3) is 0.737. The molecule has 118 valence electrons. The van der Waals surface area contributed by atoms with E-state index in [9.17, 15) is 9.59 Å². The quantitative estimate of drug-likeness (QED) is 0.695. The monoisotopic (exact) mass is 299 g/mol. The Balaban J connectivity index is 1.74. The third kappa shape index (κ3) is 1.60. The van der Waals surface area contributed by atoms with Gasteiger partial charge in [-0.25, -0.2) is 0 Å². The maximum atomic E-state index is 12.4. The van der Waals surface area contributed by atoms with Crippen molar-refractivity contribution >= 4 is 17.3 Å². The van der Waals surface area contributed by atoms with Crippen molar-refractivity contribution in [3.63, 3.8) is 0 Å². The van der Waals surface area contributed by atoms with Gasteiger partial charge in [0.25, 0.3) is 0 Å². The molecule has 0 bridgehead atoms. The van der Waals surface area contributed by atoms with E-state index >= 15 is 0 Å². The van der Waals surface area contributed by atoms with Gasteiger partial charge < -0.3 is 5.41 Å². The second-order valence-corrected chi connectivity index (χ2v) is 8.41. The topological polar surface area (TPSA) is 58.0 Å². The van der Waals surface area contributed by atoms with Gasteiger partial charge in [0.05, 0.1) is 5.71 Å². The van der Waals surface area contributed by atoms with Crippen LogP contribution in [0.2, 0.25) is 0 Å². The summed E-state index contributed by atoms with van der Waals surface area (Å²) in [5, 5.41) is 8.21. The molecule has 3 nitrogen and oxygen atoms in total. The summed E-state index contributed by atoms with van der Waals surface area (Å²) in [7, 11) is 0. The number of carbonyl (C=O) groups is 2. The summed E-state index contributed by atoms with van der Waals surface area (Å²) >= 11 is 0. The highest BCUT2D eigenvalue weighted by atomic mass is 16.1. The van der Waals surface area contributed by atoms with E-state index in [1.165, 1.54) is 0 Å². The van der Waals surface area contributed by atoms with E-state index < -0.39 is 0 Å². The van der Waals surface area contributed by atoms with Gasteiger partial charge in [-0.05, 0) is 48.9 Å². The van der Waals surface area contributed by atoms with Crippen LogP contribution in [0.3, 0.4) is 0 Å². The molecule has 3 saturated carbocycles. The van der Waals surface area contributed by atoms with Gasteiger partial charge in [-0.3, -0.25) is 9.59 Å². The zero-order chi connectivity index (χ0) is 15.7. The van der Waals surface area contributed by atoms with Crippen LogP contribution in [0.5, 0.6) is 0 Å². The highest BCUT2D eigenvalue weighted by molar-refractivity contribution is 6.40. The molecular weight excluding hydrogens is 274 g/mol. The number of carbonyl (C=O) groups excluding carboxylic acids is 2. The summed E-state index contributed by atoms with van der Waals surface area (Å²) < 4.78 is 0. The first-order valence-electron chi connectivity index (χ1n) is 8.71. The molecule has 4 aliphatic carbocycles. The minimum absolute atomic E-state index is 0.00328. The van der Waals surface area contributed by atoms with E-state index in [0.717, 1.165) is 32.1 Å². The highest BCUT2D eigenvalue weighted by Crippen LogP contribution is 2.62. The van der Waals surface area contributed by atoms with Crippen molar-refractivity contribution < 1.29 is 9.59 Å². The van der Waals surface area contributed by atoms with E-state index in [2.05, 4.69) is 26.0 Å². The lowest BCUT2D eigenvalue weighted by Crippen LogP contribution is -2.54. The smallest absolute Gasteiger partial charge is 0.176 e. The summed E-state index contributed by atoms with van der Waals surface area (Å²) in [6, 6.07) is 0. The summed E-state index contributed by atoms with van der Waals surface area (Å²) in [6.45, 7) is 4.47. The minimum atomic E-state index is -0.118. The van der Waals surface area contributed by atoms with Gasteiger partial charge in [-0.15, -0.1) is 0 Å². The summed E-state index contributed by atoms with van der Waals surface area (Å²) in [5.41, 5.74) is 0.239. The van der Waals surface area contributed by atoms with Gasteiger partial charge in [0.15, 0.2) is 5.78 Å². The van der Waals surface area contributed by atoms with Crippen molar-refractivity contribution in [3.8, 4) is 0 Å². The van der Waals surface area contributed by atoms with Crippen LogP contribution in [0.25, 0.3) is 0 Å². The third-order valence-corrected chi connectivity index (χ3v) is 7.63. The normalized spacial score (nSPS) is 50.5. The van der Waals surface area contributed by atoms with Crippen molar-refractivity contribution in [2.75, 3.05) is 0 Å². The van der Waals surface area contributed by atoms with Crippen molar-refractivity contribution in [1.29, 1.82) is 5.41 Å². The molecule has 0 heterocycles. The molecule has 0 saturated heterocycles. The van der Waals surface area contributed by atoms with Crippen LogP contribution in [0.15, 0.2) is 12.2 Å². The maximum Gasteiger partial charge on any atom is 0.176 e. The predicted octanol–water partition coefficient (Wildman–Crippen LogP) is 3.57. The van der Waals surface area contributed by atoms with Crippen LogP contribution in [0.1, 0.15) is 52.4 Å². The largest absolute Gasteiger partial charge is 0.301 e. The second-order valence-electron chi connectivity index (χ2n) is 8.41. The molecule has 0 aliphatic heterocycles. The highest BCUT2D eigenvalue weighted by Gasteiger charge is 2.59. The summed E-state index contributed by atoms with van der Waals surface area (Å²) in [5.74, 6) is 1.95. The Hall–Kier alpha value is -1.25. The molecule has 6 atom stereocenters. The number of hydrogen-bond acceptors (Lipinski definition) is 3. The van der Waals surface area contributed by atoms with Crippen molar-refractivity contribution in [3.05, 3.63) is 12.2 Å². The van der Waals surface area contributed by atoms with Crippen molar-refractivity contribution in [1.82, 2.24) is 0 Å². The number of rotatable bonds is 0. The molecule has 3 fully saturated rings. The molecule has 1 unspecified atom stereocenters. The Kier molecular flexibility index (Phi) is 2.87. The van der Waals surface area contributed by atoms with Crippen LogP contribution < -0.4 is 0 Å². The lowest BCUT2D eigenvalue weighted by Gasteiger charge is -2.56. The second kappa shape index (κ2) is 4.39. The summed E-state index contributed by atoms with van der Waals surface area (Å²) in [4.78, 5) is 24.3. The number of ketones is 2. The fourth-order valence-corrected chi connectivity index (χ4v) is 6.15. The van der Waals surface area contributed by atoms with E-state index in [-0.39, 0.29) is 22.5 Å². The van der Waals surface area contributed by atoms with Gasteiger partial charge in [0.1, 0.15) is 5.78 Å². The molecular formula is C19H25NO2. The van der Waals surface area contributed by atoms with Gasteiger partial charge >= 0.3 is 0 Å². The van der Waals surface area contributed by atoms with Crippen molar-refractivity contribution in [2.24, 2.45) is 34.5 Å². The Labute approximate surface area is 132 Å². The molecule has 1 N–H and O–H groups in total. The standard InChI is InChI=1S/C19H25NO2/c1-18-10-8-15(21)17(20)14(18)4-3-11-12-5-6-16(22)19(12,2)9-7-13(11)18/h3-4,11-14,20H,5-10H2,1-2H3/t11-,12-,13+,14?,18+,19-/m0/s1. The lowest BCUT2D eigenvalue weighted by atomic mass is 9.47. The molecule has 0 aromatic rings. The van der Waals surface area contributed by atoms with E-state index in [1.807, 2.05) is 0 Å². The zero-order valence-corrected chi connectivity index (χ0v) is 13.5. The van der Waals surface area contributed by atoms with Gasteiger partial charge in [0.2, 0.25) is 0 Å². The first kappa shape index (κ1) is 14.3. The first-order valence-corrected chi connectivity index (χ1v) is 8.71.